The molecule has 0 aromatic carbocycles. The highest BCUT2D eigenvalue weighted by atomic mass is 32.1. The number of aromatic nitrogens is 3. The van der Waals surface area contributed by atoms with Gasteiger partial charge in [-0.25, -0.2) is 0 Å². The minimum atomic E-state index is 0.0186. The first kappa shape index (κ1) is 12.8. The Hall–Kier alpha value is -2.17. The summed E-state index contributed by atoms with van der Waals surface area (Å²) in [5.41, 5.74) is 5.34. The SMILES string of the molecule is NCC#Cc1ccc(C(=O)N2CCn3cnnc3C2)s1. The van der Waals surface area contributed by atoms with Crippen LogP contribution in [-0.2, 0) is 13.1 Å². The molecule has 0 bridgehead atoms. The summed E-state index contributed by atoms with van der Waals surface area (Å²) in [5.74, 6) is 6.57. The average molecular weight is 287 g/mol. The van der Waals surface area contributed by atoms with Gasteiger partial charge in [-0.15, -0.1) is 21.5 Å². The standard InChI is InChI=1S/C13H13N5OS/c14-5-1-2-10-3-4-11(20-10)13(19)17-6-7-18-9-15-16-12(18)8-17/h3-4,9H,5-8,14H2. The Labute approximate surface area is 120 Å². The van der Waals surface area contributed by atoms with Gasteiger partial charge in [0, 0.05) is 13.1 Å². The molecule has 6 nitrogen and oxygen atoms in total. The molecule has 2 aromatic heterocycles. The lowest BCUT2D eigenvalue weighted by Crippen LogP contribution is -2.37. The second-order valence-corrected chi connectivity index (χ2v) is 5.42. The van der Waals surface area contributed by atoms with Gasteiger partial charge in [-0.3, -0.25) is 4.79 Å². The van der Waals surface area contributed by atoms with E-state index in [1.54, 1.807) is 11.2 Å². The highest BCUT2D eigenvalue weighted by molar-refractivity contribution is 7.14. The number of thiophene rings is 1. The quantitative estimate of drug-likeness (QED) is 0.766. The van der Waals surface area contributed by atoms with Crippen molar-refractivity contribution < 1.29 is 4.79 Å². The van der Waals surface area contributed by atoms with E-state index in [1.165, 1.54) is 11.3 Å². The fourth-order valence-corrected chi connectivity index (χ4v) is 2.90. The minimum absolute atomic E-state index is 0.0186. The van der Waals surface area contributed by atoms with E-state index in [0.29, 0.717) is 24.5 Å². The maximum absolute atomic E-state index is 12.4. The zero-order chi connectivity index (χ0) is 13.9. The van der Waals surface area contributed by atoms with Crippen molar-refractivity contribution in [3.63, 3.8) is 0 Å². The van der Waals surface area contributed by atoms with E-state index in [4.69, 9.17) is 5.73 Å². The monoisotopic (exact) mass is 287 g/mol. The second kappa shape index (κ2) is 5.45. The fourth-order valence-electron chi connectivity index (χ4n) is 2.05. The zero-order valence-corrected chi connectivity index (χ0v) is 11.6. The first-order valence-corrected chi connectivity index (χ1v) is 7.04. The van der Waals surface area contributed by atoms with Crippen LogP contribution in [0.5, 0.6) is 0 Å². The van der Waals surface area contributed by atoms with Crippen LogP contribution in [0.2, 0.25) is 0 Å². The number of amides is 1. The molecule has 2 N–H and O–H groups in total. The normalized spacial score (nSPS) is 13.6. The average Bonchev–Trinajstić information content (AvgIpc) is 3.12. The largest absolute Gasteiger partial charge is 0.329 e. The summed E-state index contributed by atoms with van der Waals surface area (Å²) < 4.78 is 1.97. The van der Waals surface area contributed by atoms with Gasteiger partial charge in [0.05, 0.1) is 22.8 Å². The Morgan fingerprint density at radius 1 is 1.45 bits per heavy atom. The Kier molecular flexibility index (Phi) is 3.50. The molecule has 1 aliphatic rings. The molecule has 102 valence electrons. The Morgan fingerprint density at radius 3 is 3.20 bits per heavy atom. The van der Waals surface area contributed by atoms with Gasteiger partial charge in [0.1, 0.15) is 6.33 Å². The van der Waals surface area contributed by atoms with Crippen molar-refractivity contribution in [1.82, 2.24) is 19.7 Å². The van der Waals surface area contributed by atoms with Crippen molar-refractivity contribution in [2.45, 2.75) is 13.1 Å². The van der Waals surface area contributed by atoms with Gasteiger partial charge in [0.2, 0.25) is 0 Å². The highest BCUT2D eigenvalue weighted by Gasteiger charge is 2.23. The summed E-state index contributed by atoms with van der Waals surface area (Å²) in [5, 5.41) is 7.87. The topological polar surface area (TPSA) is 77.0 Å². The van der Waals surface area contributed by atoms with Crippen LogP contribution in [0.3, 0.4) is 0 Å². The first-order valence-electron chi connectivity index (χ1n) is 6.22. The van der Waals surface area contributed by atoms with Crippen LogP contribution in [0.4, 0.5) is 0 Å². The molecule has 7 heteroatoms. The molecule has 1 aliphatic heterocycles. The summed E-state index contributed by atoms with van der Waals surface area (Å²) in [7, 11) is 0. The zero-order valence-electron chi connectivity index (χ0n) is 10.7. The molecule has 0 aliphatic carbocycles. The maximum Gasteiger partial charge on any atom is 0.264 e. The van der Waals surface area contributed by atoms with Crippen molar-refractivity contribution in [2.75, 3.05) is 13.1 Å². The van der Waals surface area contributed by atoms with Crippen LogP contribution >= 0.6 is 11.3 Å². The number of rotatable bonds is 1. The summed E-state index contributed by atoms with van der Waals surface area (Å²) in [6.07, 6.45) is 1.70. The third-order valence-electron chi connectivity index (χ3n) is 3.06. The third-order valence-corrected chi connectivity index (χ3v) is 4.05. The van der Waals surface area contributed by atoms with Gasteiger partial charge in [-0.1, -0.05) is 11.8 Å². The Bertz CT molecular complexity index is 693. The number of carbonyl (C=O) groups excluding carboxylic acids is 1. The van der Waals surface area contributed by atoms with E-state index in [1.807, 2.05) is 16.7 Å². The van der Waals surface area contributed by atoms with Gasteiger partial charge < -0.3 is 15.2 Å². The van der Waals surface area contributed by atoms with Crippen molar-refractivity contribution in [1.29, 1.82) is 0 Å². The molecule has 0 fully saturated rings. The molecule has 0 spiro atoms. The van der Waals surface area contributed by atoms with Crippen LogP contribution < -0.4 is 5.73 Å². The molecular weight excluding hydrogens is 274 g/mol. The molecule has 0 saturated carbocycles. The highest BCUT2D eigenvalue weighted by Crippen LogP contribution is 2.20. The number of hydrogen-bond acceptors (Lipinski definition) is 5. The van der Waals surface area contributed by atoms with Gasteiger partial charge in [0.25, 0.3) is 5.91 Å². The molecule has 0 saturated heterocycles. The summed E-state index contributed by atoms with van der Waals surface area (Å²) in [6, 6.07) is 3.67. The summed E-state index contributed by atoms with van der Waals surface area (Å²) in [6.45, 7) is 2.23. The van der Waals surface area contributed by atoms with Crippen molar-refractivity contribution in [2.24, 2.45) is 5.73 Å². The van der Waals surface area contributed by atoms with E-state index < -0.39 is 0 Å². The van der Waals surface area contributed by atoms with Crippen LogP contribution in [0.25, 0.3) is 0 Å². The van der Waals surface area contributed by atoms with Crippen molar-refractivity contribution in [3.8, 4) is 11.8 Å². The number of nitrogens with zero attached hydrogens (tertiary/aromatic N) is 4. The van der Waals surface area contributed by atoms with E-state index in [-0.39, 0.29) is 5.91 Å². The van der Waals surface area contributed by atoms with E-state index in [2.05, 4.69) is 22.0 Å². The summed E-state index contributed by atoms with van der Waals surface area (Å²) in [4.78, 5) is 15.8. The second-order valence-electron chi connectivity index (χ2n) is 4.34. The van der Waals surface area contributed by atoms with Crippen molar-refractivity contribution in [3.05, 3.63) is 34.0 Å². The molecule has 0 radical (unpaired) electrons. The van der Waals surface area contributed by atoms with Crippen LogP contribution in [0.1, 0.15) is 20.4 Å². The third kappa shape index (κ3) is 2.43. The predicted molar refractivity (Wildman–Crippen MR) is 75.0 cm³/mol. The van der Waals surface area contributed by atoms with Gasteiger partial charge in [-0.05, 0) is 12.1 Å². The lowest BCUT2D eigenvalue weighted by Gasteiger charge is -2.26. The Balaban J connectivity index is 1.75. The van der Waals surface area contributed by atoms with E-state index in [9.17, 15) is 4.79 Å². The van der Waals surface area contributed by atoms with Gasteiger partial charge in [0.15, 0.2) is 5.82 Å². The van der Waals surface area contributed by atoms with Crippen LogP contribution in [0, 0.1) is 11.8 Å². The molecule has 0 atom stereocenters. The smallest absolute Gasteiger partial charge is 0.264 e. The molecular formula is C13H13N5OS. The molecule has 2 aromatic rings. The molecule has 3 heterocycles. The predicted octanol–water partition coefficient (Wildman–Crippen LogP) is 0.306. The summed E-state index contributed by atoms with van der Waals surface area (Å²) >= 11 is 1.39. The first-order chi connectivity index (χ1) is 9.78. The Morgan fingerprint density at radius 2 is 2.35 bits per heavy atom. The number of hydrogen-bond donors (Lipinski definition) is 1. The van der Waals surface area contributed by atoms with E-state index >= 15 is 0 Å². The fraction of sp³-hybridized carbons (Fsp3) is 0.308. The lowest BCUT2D eigenvalue weighted by atomic mass is 10.3. The molecule has 1 amide bonds. The van der Waals surface area contributed by atoms with Crippen LogP contribution in [0.15, 0.2) is 18.5 Å². The molecule has 0 unspecified atom stereocenters. The lowest BCUT2D eigenvalue weighted by molar-refractivity contribution is 0.0712. The number of fused-ring (bicyclic) bond motifs is 1. The van der Waals surface area contributed by atoms with Gasteiger partial charge in [-0.2, -0.15) is 0 Å². The van der Waals surface area contributed by atoms with E-state index in [0.717, 1.165) is 17.2 Å². The maximum atomic E-state index is 12.4. The number of nitrogens with two attached hydrogens (primary N) is 1. The molecule has 3 rings (SSSR count). The minimum Gasteiger partial charge on any atom is -0.329 e. The van der Waals surface area contributed by atoms with Gasteiger partial charge >= 0.3 is 0 Å². The number of carbonyl (C=O) groups is 1. The molecule has 20 heavy (non-hydrogen) atoms. The van der Waals surface area contributed by atoms with Crippen LogP contribution in [-0.4, -0.2) is 38.7 Å². The van der Waals surface area contributed by atoms with Crippen molar-refractivity contribution >= 4 is 17.2 Å².